The van der Waals surface area contributed by atoms with Gasteiger partial charge in [-0.15, -0.1) is 0 Å². The van der Waals surface area contributed by atoms with E-state index >= 15 is 0 Å². The van der Waals surface area contributed by atoms with Gasteiger partial charge in [-0.05, 0) is 112 Å². The smallest absolute Gasteiger partial charge is 0.254 e. The van der Waals surface area contributed by atoms with E-state index in [9.17, 15) is 4.79 Å². The van der Waals surface area contributed by atoms with Gasteiger partial charge in [-0.2, -0.15) is 0 Å². The number of benzene rings is 3. The summed E-state index contributed by atoms with van der Waals surface area (Å²) in [6, 6.07) is 29.7. The van der Waals surface area contributed by atoms with Crippen LogP contribution in [0.15, 0.2) is 84.4 Å². The van der Waals surface area contributed by atoms with Gasteiger partial charge < -0.3 is 9.64 Å². The van der Waals surface area contributed by atoms with Gasteiger partial charge in [0.25, 0.3) is 5.91 Å². The molecule has 3 saturated heterocycles. The van der Waals surface area contributed by atoms with Crippen LogP contribution in [0.25, 0.3) is 5.57 Å². The van der Waals surface area contributed by atoms with Crippen LogP contribution in [0.4, 0.5) is 0 Å². The molecule has 3 aromatic rings. The maximum atomic E-state index is 13.5. The van der Waals surface area contributed by atoms with Crippen LogP contribution < -0.4 is 4.74 Å². The summed E-state index contributed by atoms with van der Waals surface area (Å²) in [6.07, 6.45) is 9.22. The Kier molecular flexibility index (Phi) is 8.30. The third kappa shape index (κ3) is 5.85. The minimum Gasteiger partial charge on any atom is -0.497 e. The molecule has 0 saturated carbocycles. The normalized spacial score (nSPS) is 24.4. The summed E-state index contributed by atoms with van der Waals surface area (Å²) >= 11 is 0. The van der Waals surface area contributed by atoms with Crippen LogP contribution in [0.2, 0.25) is 0 Å². The molecule has 3 fully saturated rings. The van der Waals surface area contributed by atoms with Crippen LogP contribution in [0.5, 0.6) is 5.75 Å². The molecule has 214 valence electrons. The molecule has 0 aliphatic carbocycles. The summed E-state index contributed by atoms with van der Waals surface area (Å²) in [5.41, 5.74) is 7.60. The van der Waals surface area contributed by atoms with Gasteiger partial charge >= 0.3 is 0 Å². The number of carbonyl (C=O) groups excluding carboxylic acids is 1. The molecule has 0 aromatic heterocycles. The SMILES string of the molecule is COc1cccc(CCN2C3CCC2CC(=C(c2ccccc2)c2ccc(C(=O)N4C(C)CCCC4C)cc2)C3)c1. The molecule has 0 spiro atoms. The van der Waals surface area contributed by atoms with E-state index in [-0.39, 0.29) is 5.91 Å². The fraction of sp³-hybridized carbons (Fsp3) is 0.432. The largest absolute Gasteiger partial charge is 0.497 e. The Labute approximate surface area is 246 Å². The lowest BCUT2D eigenvalue weighted by atomic mass is 9.85. The molecule has 6 rings (SSSR count). The van der Waals surface area contributed by atoms with Crippen molar-refractivity contribution in [2.75, 3.05) is 13.7 Å². The van der Waals surface area contributed by atoms with Crippen molar-refractivity contribution in [3.8, 4) is 5.75 Å². The van der Waals surface area contributed by atoms with Crippen molar-refractivity contribution in [3.05, 3.63) is 107 Å². The van der Waals surface area contributed by atoms with Gasteiger partial charge in [0.1, 0.15) is 5.75 Å². The lowest BCUT2D eigenvalue weighted by molar-refractivity contribution is 0.0511. The number of nitrogens with zero attached hydrogens (tertiary/aromatic N) is 2. The van der Waals surface area contributed by atoms with Gasteiger partial charge in [0, 0.05) is 36.3 Å². The summed E-state index contributed by atoms with van der Waals surface area (Å²) in [4.78, 5) is 18.4. The van der Waals surface area contributed by atoms with Crippen molar-refractivity contribution >= 4 is 11.5 Å². The summed E-state index contributed by atoms with van der Waals surface area (Å²) in [6.45, 7) is 5.48. The first kappa shape index (κ1) is 27.8. The lowest BCUT2D eigenvalue weighted by Crippen LogP contribution is -2.47. The molecule has 3 heterocycles. The summed E-state index contributed by atoms with van der Waals surface area (Å²) in [5.74, 6) is 1.11. The first-order valence-electron chi connectivity index (χ1n) is 15.6. The standard InChI is InChI=1S/C37H44N2O2/c1-26-9-7-10-27(2)39(26)37(40)31-17-15-30(16-18-31)36(29-12-5-4-6-13-29)32-24-33-19-20-34(25-32)38(33)22-21-28-11-8-14-35(23-28)41-3/h4-6,8,11-18,23,26-27,33-34H,7,9-10,19-22,24-25H2,1-3H3. The molecule has 0 radical (unpaired) electrons. The molecular formula is C37H44N2O2. The predicted octanol–water partition coefficient (Wildman–Crippen LogP) is 7.77. The number of ether oxygens (including phenoxy) is 1. The topological polar surface area (TPSA) is 32.8 Å². The molecule has 2 bridgehead atoms. The Balaban J connectivity index is 1.24. The van der Waals surface area contributed by atoms with Crippen molar-refractivity contribution in [1.29, 1.82) is 0 Å². The lowest BCUT2D eigenvalue weighted by Gasteiger charge is -2.39. The van der Waals surface area contributed by atoms with E-state index in [1.54, 1.807) is 12.7 Å². The van der Waals surface area contributed by atoms with Crippen LogP contribution in [-0.2, 0) is 6.42 Å². The monoisotopic (exact) mass is 548 g/mol. The predicted molar refractivity (Wildman–Crippen MR) is 167 cm³/mol. The van der Waals surface area contributed by atoms with Crippen LogP contribution in [0.3, 0.4) is 0 Å². The van der Waals surface area contributed by atoms with E-state index in [1.807, 2.05) is 6.07 Å². The number of hydrogen-bond acceptors (Lipinski definition) is 3. The molecule has 4 nitrogen and oxygen atoms in total. The minimum atomic E-state index is 0.174. The maximum Gasteiger partial charge on any atom is 0.254 e. The van der Waals surface area contributed by atoms with Crippen molar-refractivity contribution in [2.24, 2.45) is 0 Å². The van der Waals surface area contributed by atoms with Crippen molar-refractivity contribution in [1.82, 2.24) is 9.80 Å². The molecule has 3 aliphatic heterocycles. The molecule has 0 N–H and O–H groups in total. The van der Waals surface area contributed by atoms with E-state index in [0.29, 0.717) is 24.2 Å². The Bertz CT molecular complexity index is 1350. The van der Waals surface area contributed by atoms with E-state index in [1.165, 1.54) is 41.5 Å². The maximum absolute atomic E-state index is 13.5. The highest BCUT2D eigenvalue weighted by Crippen LogP contribution is 2.43. The fourth-order valence-corrected chi connectivity index (χ4v) is 7.69. The third-order valence-electron chi connectivity index (χ3n) is 9.79. The van der Waals surface area contributed by atoms with Gasteiger partial charge in [0.2, 0.25) is 0 Å². The highest BCUT2D eigenvalue weighted by atomic mass is 16.5. The molecule has 1 amide bonds. The number of amides is 1. The third-order valence-corrected chi connectivity index (χ3v) is 9.79. The number of carbonyl (C=O) groups is 1. The molecule has 4 heteroatoms. The van der Waals surface area contributed by atoms with Crippen molar-refractivity contribution < 1.29 is 9.53 Å². The van der Waals surface area contributed by atoms with E-state index in [2.05, 4.69) is 96.4 Å². The van der Waals surface area contributed by atoms with E-state index < -0.39 is 0 Å². The average Bonchev–Trinajstić information content (AvgIpc) is 3.24. The Morgan fingerprint density at radius 3 is 2.07 bits per heavy atom. The molecule has 3 aromatic carbocycles. The van der Waals surface area contributed by atoms with Crippen molar-refractivity contribution in [2.45, 2.75) is 89.4 Å². The van der Waals surface area contributed by atoms with Crippen molar-refractivity contribution in [3.63, 3.8) is 0 Å². The van der Waals surface area contributed by atoms with Gasteiger partial charge in [-0.3, -0.25) is 9.69 Å². The minimum absolute atomic E-state index is 0.174. The van der Waals surface area contributed by atoms with Gasteiger partial charge in [-0.1, -0.05) is 60.2 Å². The Hall–Kier alpha value is -3.37. The molecule has 41 heavy (non-hydrogen) atoms. The van der Waals surface area contributed by atoms with E-state index in [4.69, 9.17) is 4.74 Å². The quantitative estimate of drug-likeness (QED) is 0.302. The van der Waals surface area contributed by atoms with Crippen LogP contribution in [0.1, 0.15) is 85.8 Å². The number of piperidine rings is 2. The number of fused-ring (bicyclic) bond motifs is 2. The zero-order valence-corrected chi connectivity index (χ0v) is 24.9. The van der Waals surface area contributed by atoms with Gasteiger partial charge in [-0.25, -0.2) is 0 Å². The second-order valence-electron chi connectivity index (χ2n) is 12.4. The zero-order chi connectivity index (χ0) is 28.3. The Morgan fingerprint density at radius 2 is 1.41 bits per heavy atom. The fourth-order valence-electron chi connectivity index (χ4n) is 7.69. The van der Waals surface area contributed by atoms with E-state index in [0.717, 1.165) is 50.0 Å². The molecule has 4 atom stereocenters. The van der Waals surface area contributed by atoms with Gasteiger partial charge in [0.15, 0.2) is 0 Å². The number of methoxy groups -OCH3 is 1. The molecule has 4 unspecified atom stereocenters. The number of rotatable bonds is 7. The number of likely N-dealkylation sites (tertiary alicyclic amines) is 1. The van der Waals surface area contributed by atoms with Gasteiger partial charge in [0.05, 0.1) is 7.11 Å². The first-order valence-corrected chi connectivity index (χ1v) is 15.6. The summed E-state index contributed by atoms with van der Waals surface area (Å²) in [7, 11) is 1.74. The average molecular weight is 549 g/mol. The van der Waals surface area contributed by atoms with Crippen LogP contribution in [-0.4, -0.2) is 53.5 Å². The summed E-state index contributed by atoms with van der Waals surface area (Å²) in [5, 5.41) is 0. The highest BCUT2D eigenvalue weighted by Gasteiger charge is 2.39. The number of hydrogen-bond donors (Lipinski definition) is 0. The van der Waals surface area contributed by atoms with Crippen LogP contribution in [0, 0.1) is 0 Å². The highest BCUT2D eigenvalue weighted by molar-refractivity contribution is 5.95. The summed E-state index contributed by atoms with van der Waals surface area (Å²) < 4.78 is 5.45. The zero-order valence-electron chi connectivity index (χ0n) is 24.9. The second kappa shape index (κ2) is 12.2. The van der Waals surface area contributed by atoms with Crippen LogP contribution >= 0.6 is 0 Å². The molecular weight excluding hydrogens is 504 g/mol. The molecule has 3 aliphatic rings. The first-order chi connectivity index (χ1) is 20.0. The second-order valence-corrected chi connectivity index (χ2v) is 12.4. The Morgan fingerprint density at radius 1 is 0.780 bits per heavy atom.